The average Bonchev–Trinajstić information content (AvgIpc) is 2.86. The lowest BCUT2D eigenvalue weighted by Gasteiger charge is -2.13. The smallest absolute Gasteiger partial charge is 0.0817 e. The molecule has 3 unspecified atom stereocenters. The van der Waals surface area contributed by atoms with Crippen molar-refractivity contribution in [1.82, 2.24) is 5.32 Å². The van der Waals surface area contributed by atoms with Crippen LogP contribution in [0.25, 0.3) is 0 Å². The number of methoxy groups -OCH3 is 1. The molecule has 0 radical (unpaired) electrons. The van der Waals surface area contributed by atoms with Crippen LogP contribution in [0.15, 0.2) is 0 Å². The molecule has 1 aliphatic rings. The number of hydrogen-bond acceptors (Lipinski definition) is 3. The average molecular weight is 186 g/mol. The van der Waals surface area contributed by atoms with E-state index in [1.54, 1.807) is 7.11 Å². The number of rotatable bonds is 7. The summed E-state index contributed by atoms with van der Waals surface area (Å²) in [5, 5.41) is 3.49. The summed E-state index contributed by atoms with van der Waals surface area (Å²) in [5.74, 6) is 0.917. The highest BCUT2D eigenvalue weighted by Gasteiger charge is 2.35. The van der Waals surface area contributed by atoms with Gasteiger partial charge in [0.25, 0.3) is 0 Å². The standard InChI is InChI=1S/C10H22N2O/c1-3-4-8-5-10(8)12-7-9(6-11)13-2/h8-10,12H,3-7,11H2,1-2H3. The summed E-state index contributed by atoms with van der Waals surface area (Å²) < 4.78 is 5.19. The molecule has 1 rings (SSSR count). The van der Waals surface area contributed by atoms with E-state index in [0.717, 1.165) is 18.5 Å². The predicted octanol–water partition coefficient (Wildman–Crippen LogP) is 0.738. The van der Waals surface area contributed by atoms with E-state index in [4.69, 9.17) is 10.5 Å². The molecule has 78 valence electrons. The molecule has 1 fully saturated rings. The minimum absolute atomic E-state index is 0.183. The Kier molecular flexibility index (Phi) is 4.70. The second kappa shape index (κ2) is 5.58. The Hall–Kier alpha value is -0.120. The maximum Gasteiger partial charge on any atom is 0.0817 e. The topological polar surface area (TPSA) is 47.3 Å². The number of nitrogens with two attached hydrogens (primary N) is 1. The van der Waals surface area contributed by atoms with Crippen LogP contribution >= 0.6 is 0 Å². The Morgan fingerprint density at radius 2 is 2.38 bits per heavy atom. The molecule has 3 atom stereocenters. The van der Waals surface area contributed by atoms with E-state index in [1.165, 1.54) is 19.3 Å². The van der Waals surface area contributed by atoms with E-state index in [2.05, 4.69) is 12.2 Å². The molecule has 0 amide bonds. The van der Waals surface area contributed by atoms with Gasteiger partial charge in [-0.3, -0.25) is 0 Å². The number of hydrogen-bond donors (Lipinski definition) is 2. The van der Waals surface area contributed by atoms with Crippen LogP contribution in [-0.2, 0) is 4.74 Å². The molecule has 0 bridgehead atoms. The van der Waals surface area contributed by atoms with Gasteiger partial charge in [0.2, 0.25) is 0 Å². The first-order valence-corrected chi connectivity index (χ1v) is 5.28. The van der Waals surface area contributed by atoms with E-state index in [0.29, 0.717) is 6.54 Å². The molecule has 0 heterocycles. The van der Waals surface area contributed by atoms with Gasteiger partial charge in [-0.25, -0.2) is 0 Å². The van der Waals surface area contributed by atoms with Gasteiger partial charge in [-0.15, -0.1) is 0 Å². The van der Waals surface area contributed by atoms with Crippen LogP contribution in [-0.4, -0.2) is 32.3 Å². The van der Waals surface area contributed by atoms with Crippen molar-refractivity contribution in [2.75, 3.05) is 20.2 Å². The molecule has 0 aromatic rings. The second-order valence-electron chi connectivity index (χ2n) is 3.89. The summed E-state index contributed by atoms with van der Waals surface area (Å²) in [6.45, 7) is 3.75. The molecule has 0 aromatic heterocycles. The van der Waals surface area contributed by atoms with Gasteiger partial charge in [-0.2, -0.15) is 0 Å². The summed E-state index contributed by atoms with van der Waals surface area (Å²) >= 11 is 0. The van der Waals surface area contributed by atoms with Crippen LogP contribution in [0.2, 0.25) is 0 Å². The fraction of sp³-hybridized carbons (Fsp3) is 1.00. The van der Waals surface area contributed by atoms with Gasteiger partial charge < -0.3 is 15.8 Å². The van der Waals surface area contributed by atoms with Crippen molar-refractivity contribution in [2.45, 2.75) is 38.3 Å². The maximum absolute atomic E-state index is 5.52. The zero-order valence-corrected chi connectivity index (χ0v) is 8.75. The molecule has 13 heavy (non-hydrogen) atoms. The molecule has 0 spiro atoms. The Bertz CT molecular complexity index is 137. The zero-order chi connectivity index (χ0) is 9.68. The SMILES string of the molecule is CCCC1CC1NCC(CN)OC. The summed E-state index contributed by atoms with van der Waals surface area (Å²) in [6, 6.07) is 0.740. The van der Waals surface area contributed by atoms with Gasteiger partial charge in [-0.05, 0) is 18.8 Å². The van der Waals surface area contributed by atoms with Gasteiger partial charge in [0.1, 0.15) is 0 Å². The van der Waals surface area contributed by atoms with Crippen molar-refractivity contribution in [3.63, 3.8) is 0 Å². The maximum atomic E-state index is 5.52. The Morgan fingerprint density at radius 1 is 1.62 bits per heavy atom. The normalized spacial score (nSPS) is 28.8. The van der Waals surface area contributed by atoms with Crippen molar-refractivity contribution in [3.8, 4) is 0 Å². The van der Waals surface area contributed by atoms with Crippen LogP contribution in [0.3, 0.4) is 0 Å². The van der Waals surface area contributed by atoms with Crippen LogP contribution in [0, 0.1) is 5.92 Å². The van der Waals surface area contributed by atoms with E-state index in [1.807, 2.05) is 0 Å². The summed E-state index contributed by atoms with van der Waals surface area (Å²) in [4.78, 5) is 0. The molecule has 0 aliphatic heterocycles. The summed E-state index contributed by atoms with van der Waals surface area (Å²) in [6.07, 6.45) is 4.18. The van der Waals surface area contributed by atoms with Gasteiger partial charge in [0.15, 0.2) is 0 Å². The van der Waals surface area contributed by atoms with E-state index in [-0.39, 0.29) is 6.10 Å². The first-order valence-electron chi connectivity index (χ1n) is 5.28. The molecule has 0 aromatic carbocycles. The molecule has 0 saturated heterocycles. The molecular formula is C10H22N2O. The Balaban J connectivity index is 2.01. The largest absolute Gasteiger partial charge is 0.379 e. The lowest BCUT2D eigenvalue weighted by molar-refractivity contribution is 0.108. The first-order chi connectivity index (χ1) is 6.31. The third kappa shape index (κ3) is 3.63. The Labute approximate surface area is 81.0 Å². The van der Waals surface area contributed by atoms with Crippen molar-refractivity contribution in [1.29, 1.82) is 0 Å². The number of ether oxygens (including phenoxy) is 1. The predicted molar refractivity (Wildman–Crippen MR) is 54.7 cm³/mol. The highest BCUT2D eigenvalue weighted by molar-refractivity contribution is 4.93. The molecular weight excluding hydrogens is 164 g/mol. The second-order valence-corrected chi connectivity index (χ2v) is 3.89. The molecule has 3 heteroatoms. The lowest BCUT2D eigenvalue weighted by atomic mass is 10.2. The summed E-state index contributed by atoms with van der Waals surface area (Å²) in [7, 11) is 1.72. The monoisotopic (exact) mass is 186 g/mol. The first kappa shape index (κ1) is 11.0. The molecule has 3 nitrogen and oxygen atoms in total. The van der Waals surface area contributed by atoms with Crippen molar-refractivity contribution < 1.29 is 4.74 Å². The minimum atomic E-state index is 0.183. The molecule has 1 saturated carbocycles. The van der Waals surface area contributed by atoms with Crippen LogP contribution in [0.4, 0.5) is 0 Å². The van der Waals surface area contributed by atoms with Crippen LogP contribution < -0.4 is 11.1 Å². The third-order valence-corrected chi connectivity index (χ3v) is 2.79. The fourth-order valence-electron chi connectivity index (χ4n) is 1.73. The van der Waals surface area contributed by atoms with Crippen LogP contribution in [0.5, 0.6) is 0 Å². The highest BCUT2D eigenvalue weighted by atomic mass is 16.5. The third-order valence-electron chi connectivity index (χ3n) is 2.79. The van der Waals surface area contributed by atoms with Gasteiger partial charge in [0, 0.05) is 26.2 Å². The highest BCUT2D eigenvalue weighted by Crippen LogP contribution is 2.34. The zero-order valence-electron chi connectivity index (χ0n) is 8.75. The van der Waals surface area contributed by atoms with Crippen molar-refractivity contribution in [2.24, 2.45) is 11.7 Å². The van der Waals surface area contributed by atoms with E-state index < -0.39 is 0 Å². The van der Waals surface area contributed by atoms with Crippen LogP contribution in [0.1, 0.15) is 26.2 Å². The molecule has 3 N–H and O–H groups in total. The van der Waals surface area contributed by atoms with Gasteiger partial charge >= 0.3 is 0 Å². The quantitative estimate of drug-likeness (QED) is 0.616. The number of nitrogens with one attached hydrogen (secondary N) is 1. The summed E-state index contributed by atoms with van der Waals surface area (Å²) in [5.41, 5.74) is 5.52. The molecule has 1 aliphatic carbocycles. The van der Waals surface area contributed by atoms with Crippen molar-refractivity contribution >= 4 is 0 Å². The fourth-order valence-corrected chi connectivity index (χ4v) is 1.73. The van der Waals surface area contributed by atoms with Crippen molar-refractivity contribution in [3.05, 3.63) is 0 Å². The minimum Gasteiger partial charge on any atom is -0.379 e. The lowest BCUT2D eigenvalue weighted by Crippen LogP contribution is -2.35. The van der Waals surface area contributed by atoms with Gasteiger partial charge in [0.05, 0.1) is 6.10 Å². The van der Waals surface area contributed by atoms with Gasteiger partial charge in [-0.1, -0.05) is 13.3 Å². The van der Waals surface area contributed by atoms with E-state index in [9.17, 15) is 0 Å². The Morgan fingerprint density at radius 3 is 2.92 bits per heavy atom. The van der Waals surface area contributed by atoms with E-state index >= 15 is 0 Å².